The van der Waals surface area contributed by atoms with E-state index < -0.39 is 17.8 Å². The summed E-state index contributed by atoms with van der Waals surface area (Å²) >= 11 is 0. The lowest BCUT2D eigenvalue weighted by atomic mass is 10.0. The highest BCUT2D eigenvalue weighted by atomic mass is 19.3. The zero-order valence-electron chi connectivity index (χ0n) is 13.7. The number of hydrogen-bond acceptors (Lipinski definition) is 4. The van der Waals surface area contributed by atoms with Crippen LogP contribution in [0.25, 0.3) is 22.2 Å². The van der Waals surface area contributed by atoms with Gasteiger partial charge in [0.2, 0.25) is 5.89 Å². The van der Waals surface area contributed by atoms with Crippen LogP contribution in [0, 0.1) is 12.7 Å². The summed E-state index contributed by atoms with van der Waals surface area (Å²) in [5.41, 5.74) is 1.75. The van der Waals surface area contributed by atoms with Gasteiger partial charge in [-0.05, 0) is 30.7 Å². The fourth-order valence-corrected chi connectivity index (χ4v) is 2.73. The third-order valence-corrected chi connectivity index (χ3v) is 4.01. The van der Waals surface area contributed by atoms with E-state index in [4.69, 9.17) is 4.42 Å². The number of rotatable bonds is 4. The van der Waals surface area contributed by atoms with Crippen molar-refractivity contribution in [3.8, 4) is 11.1 Å². The van der Waals surface area contributed by atoms with Crippen molar-refractivity contribution in [1.29, 1.82) is 0 Å². The molecule has 4 rings (SSSR count). The summed E-state index contributed by atoms with van der Waals surface area (Å²) < 4.78 is 46.5. The van der Waals surface area contributed by atoms with Crippen molar-refractivity contribution in [3.63, 3.8) is 0 Å². The molecule has 3 aromatic heterocycles. The molecule has 132 valence electrons. The van der Waals surface area contributed by atoms with E-state index in [1.807, 2.05) is 0 Å². The van der Waals surface area contributed by atoms with Crippen molar-refractivity contribution in [2.75, 3.05) is 0 Å². The van der Waals surface area contributed by atoms with Crippen molar-refractivity contribution in [1.82, 2.24) is 19.7 Å². The number of aromatic nitrogens is 4. The molecule has 0 aliphatic carbocycles. The third-order valence-electron chi connectivity index (χ3n) is 4.01. The Morgan fingerprint density at radius 1 is 1.08 bits per heavy atom. The fourth-order valence-electron chi connectivity index (χ4n) is 2.73. The van der Waals surface area contributed by atoms with E-state index >= 15 is 0 Å². The predicted molar refractivity (Wildman–Crippen MR) is 88.2 cm³/mol. The molecular formula is C18H13F3N4O. The van der Waals surface area contributed by atoms with Crippen LogP contribution >= 0.6 is 0 Å². The van der Waals surface area contributed by atoms with Gasteiger partial charge in [0, 0.05) is 11.8 Å². The average molecular weight is 358 g/mol. The van der Waals surface area contributed by atoms with Crippen molar-refractivity contribution < 1.29 is 17.6 Å². The first kappa shape index (κ1) is 16.3. The molecule has 0 spiro atoms. The van der Waals surface area contributed by atoms with Crippen molar-refractivity contribution in [3.05, 3.63) is 65.9 Å². The van der Waals surface area contributed by atoms with Crippen LogP contribution < -0.4 is 0 Å². The molecule has 0 bridgehead atoms. The van der Waals surface area contributed by atoms with E-state index in [2.05, 4.69) is 15.1 Å². The van der Waals surface area contributed by atoms with Gasteiger partial charge in [-0.3, -0.25) is 9.67 Å². The zero-order valence-corrected chi connectivity index (χ0v) is 13.7. The van der Waals surface area contributed by atoms with Gasteiger partial charge >= 0.3 is 0 Å². The Balaban J connectivity index is 1.75. The van der Waals surface area contributed by atoms with Crippen LogP contribution in [0.3, 0.4) is 0 Å². The molecule has 0 atom stereocenters. The Kier molecular flexibility index (Phi) is 3.95. The molecule has 4 aromatic rings. The average Bonchev–Trinajstić information content (AvgIpc) is 3.21. The van der Waals surface area contributed by atoms with E-state index in [-0.39, 0.29) is 0 Å². The first-order chi connectivity index (χ1) is 12.5. The summed E-state index contributed by atoms with van der Waals surface area (Å²) in [7, 11) is 0. The van der Waals surface area contributed by atoms with Crippen LogP contribution in [0.4, 0.5) is 13.2 Å². The minimum atomic E-state index is -2.88. The monoisotopic (exact) mass is 358 g/mol. The minimum Gasteiger partial charge on any atom is -0.444 e. The highest BCUT2D eigenvalue weighted by Gasteiger charge is 2.15. The lowest BCUT2D eigenvalue weighted by molar-refractivity contribution is 0.146. The number of nitrogens with zero attached hydrogens (tertiary/aromatic N) is 4. The summed E-state index contributed by atoms with van der Waals surface area (Å²) in [6.45, 7) is 2.11. The number of alkyl halides is 2. The quantitative estimate of drug-likeness (QED) is 0.538. The van der Waals surface area contributed by atoms with Crippen LogP contribution in [0.5, 0.6) is 0 Å². The summed E-state index contributed by atoms with van der Waals surface area (Å²) in [5.74, 6) is 0.267. The van der Waals surface area contributed by atoms with Gasteiger partial charge in [0.25, 0.3) is 6.43 Å². The Hall–Kier alpha value is -3.16. The van der Waals surface area contributed by atoms with Crippen molar-refractivity contribution in [2.45, 2.75) is 19.9 Å². The van der Waals surface area contributed by atoms with Crippen LogP contribution in [-0.4, -0.2) is 19.7 Å². The van der Waals surface area contributed by atoms with Gasteiger partial charge in [0.15, 0.2) is 0 Å². The lowest BCUT2D eigenvalue weighted by Crippen LogP contribution is -2.01. The molecule has 0 saturated carbocycles. The Morgan fingerprint density at radius 3 is 2.65 bits per heavy atom. The second-order valence-corrected chi connectivity index (χ2v) is 5.83. The number of oxazole rings is 1. The third kappa shape index (κ3) is 2.94. The number of fused-ring (bicyclic) bond motifs is 1. The number of pyridine rings is 1. The van der Waals surface area contributed by atoms with Gasteiger partial charge < -0.3 is 4.42 Å². The molecule has 0 aliphatic rings. The number of hydrogen-bond donors (Lipinski definition) is 0. The lowest BCUT2D eigenvalue weighted by Gasteiger charge is -2.07. The smallest absolute Gasteiger partial charge is 0.266 e. The largest absolute Gasteiger partial charge is 0.444 e. The number of benzene rings is 1. The Bertz CT molecular complexity index is 1090. The van der Waals surface area contributed by atoms with Gasteiger partial charge in [-0.1, -0.05) is 6.07 Å². The molecule has 5 nitrogen and oxygen atoms in total. The highest BCUT2D eigenvalue weighted by Crippen LogP contribution is 2.29. The Morgan fingerprint density at radius 2 is 1.92 bits per heavy atom. The van der Waals surface area contributed by atoms with Gasteiger partial charge in [0.1, 0.15) is 23.6 Å². The van der Waals surface area contributed by atoms with Gasteiger partial charge in [-0.15, -0.1) is 0 Å². The molecule has 0 unspecified atom stereocenters. The van der Waals surface area contributed by atoms with Crippen molar-refractivity contribution in [2.24, 2.45) is 0 Å². The highest BCUT2D eigenvalue weighted by molar-refractivity contribution is 5.80. The maximum atomic E-state index is 13.5. The summed E-state index contributed by atoms with van der Waals surface area (Å²) in [5, 5.41) is 4.27. The zero-order chi connectivity index (χ0) is 18.3. The molecule has 0 saturated heterocycles. The van der Waals surface area contributed by atoms with Gasteiger partial charge in [-0.2, -0.15) is 5.10 Å². The molecule has 0 N–H and O–H groups in total. The molecule has 26 heavy (non-hydrogen) atoms. The van der Waals surface area contributed by atoms with Gasteiger partial charge in [0.05, 0.1) is 23.5 Å². The van der Waals surface area contributed by atoms with Gasteiger partial charge in [-0.25, -0.2) is 18.2 Å². The maximum absolute atomic E-state index is 13.5. The number of halogens is 3. The molecule has 3 heterocycles. The molecule has 0 fully saturated rings. The maximum Gasteiger partial charge on any atom is 0.266 e. The summed E-state index contributed by atoms with van der Waals surface area (Å²) in [6, 6.07) is 5.39. The second-order valence-electron chi connectivity index (χ2n) is 5.83. The minimum absolute atomic E-state index is 0.314. The molecule has 0 radical (unpaired) electrons. The van der Waals surface area contributed by atoms with E-state index in [0.717, 1.165) is 12.1 Å². The molecule has 8 heteroatoms. The van der Waals surface area contributed by atoms with E-state index in [1.165, 1.54) is 6.07 Å². The van der Waals surface area contributed by atoms with Crippen LogP contribution in [0.1, 0.15) is 23.6 Å². The van der Waals surface area contributed by atoms with Crippen LogP contribution in [0.15, 0.2) is 47.3 Å². The predicted octanol–water partition coefficient (Wildman–Crippen LogP) is 4.52. The summed E-state index contributed by atoms with van der Waals surface area (Å²) in [6.07, 6.45) is 1.89. The topological polar surface area (TPSA) is 56.7 Å². The molecule has 1 aromatic carbocycles. The van der Waals surface area contributed by atoms with Crippen molar-refractivity contribution >= 4 is 11.0 Å². The molecule has 0 amide bonds. The fraction of sp³-hybridized carbons (Fsp3) is 0.167. The standard InChI is InChI=1S/C18H13F3N4O/c1-10-6-23-17(26-10)9-25-16-5-12(7-22-15(16)8-24-25)11-2-3-14(19)13(4-11)18(20)21/h2-8,18H,9H2,1H3. The van der Waals surface area contributed by atoms with E-state index in [9.17, 15) is 13.2 Å². The first-order valence-corrected chi connectivity index (χ1v) is 7.82. The van der Waals surface area contributed by atoms with Crippen LogP contribution in [-0.2, 0) is 6.54 Å². The van der Waals surface area contributed by atoms with E-state index in [1.54, 1.807) is 36.3 Å². The normalized spacial score (nSPS) is 11.6. The Labute approximate surface area is 146 Å². The summed E-state index contributed by atoms with van der Waals surface area (Å²) in [4.78, 5) is 8.45. The first-order valence-electron chi connectivity index (χ1n) is 7.82. The molecule has 0 aliphatic heterocycles. The van der Waals surface area contributed by atoms with Crippen LogP contribution in [0.2, 0.25) is 0 Å². The van der Waals surface area contributed by atoms with E-state index in [0.29, 0.717) is 40.4 Å². The second kappa shape index (κ2) is 6.29. The number of aryl methyl sites for hydroxylation is 1. The SMILES string of the molecule is Cc1cnc(Cn2ncc3ncc(-c4ccc(F)c(C(F)F)c4)cc32)o1. The molecular weight excluding hydrogens is 345 g/mol.